The highest BCUT2D eigenvalue weighted by Gasteiger charge is 2.07. The van der Waals surface area contributed by atoms with Gasteiger partial charge in [0.25, 0.3) is 0 Å². The zero-order chi connectivity index (χ0) is 15.8. The van der Waals surface area contributed by atoms with Crippen LogP contribution in [0.15, 0.2) is 24.8 Å². The molecule has 0 saturated heterocycles. The Labute approximate surface area is 126 Å². The summed E-state index contributed by atoms with van der Waals surface area (Å²) < 4.78 is 50.2. The molecule has 2 aromatic rings. The Kier molecular flexibility index (Phi) is 6.75. The molecule has 0 unspecified atom stereocenters. The molecule has 8 heteroatoms. The highest BCUT2D eigenvalue weighted by atomic mass is 79.9. The zero-order valence-electron chi connectivity index (χ0n) is 10.5. The van der Waals surface area contributed by atoms with E-state index in [1.165, 1.54) is 0 Å². The van der Waals surface area contributed by atoms with Crippen LogP contribution in [0.1, 0.15) is 11.1 Å². The third kappa shape index (κ3) is 4.79. The molecular weight excluding hydrogens is 354 g/mol. The van der Waals surface area contributed by atoms with Crippen LogP contribution in [0.2, 0.25) is 0 Å². The molecule has 2 rings (SSSR count). The molecule has 0 bridgehead atoms. The maximum Gasteiger partial charge on any atom is 0.148 e. The molecule has 0 amide bonds. The van der Waals surface area contributed by atoms with E-state index in [0.717, 1.165) is 24.8 Å². The minimum absolute atomic E-state index is 0.0231. The van der Waals surface area contributed by atoms with E-state index in [0.29, 0.717) is 0 Å². The number of halogens is 5. The lowest BCUT2D eigenvalue weighted by molar-refractivity contribution is 0.553. The molecule has 110 valence electrons. The first kappa shape index (κ1) is 17.0. The summed E-state index contributed by atoms with van der Waals surface area (Å²) in [6.45, 7) is 0. The van der Waals surface area contributed by atoms with E-state index in [4.69, 9.17) is 5.26 Å². The van der Waals surface area contributed by atoms with Crippen LogP contribution in [0.4, 0.5) is 17.6 Å². The van der Waals surface area contributed by atoms with E-state index in [9.17, 15) is 17.6 Å². The number of hydrogen-bond acceptors (Lipinski definition) is 3. The number of hydrogen-bond donors (Lipinski definition) is 0. The summed E-state index contributed by atoms with van der Waals surface area (Å²) in [6, 6.07) is 1.66. The van der Waals surface area contributed by atoms with Crippen LogP contribution >= 0.6 is 15.9 Å². The standard InChI is InChI=1S/C7H4F2N2.C6H4BrF2N/c8-6-3-11-4-7(9)5(6)1-2-10;7-1-4-5(8)2-10-3-6(4)9/h3-4H,1H2;2-3H,1H2. The summed E-state index contributed by atoms with van der Waals surface area (Å²) in [6.07, 6.45) is 3.48. The summed E-state index contributed by atoms with van der Waals surface area (Å²) in [5.74, 6) is -2.77. The first-order valence-electron chi connectivity index (χ1n) is 5.49. The predicted octanol–water partition coefficient (Wildman–Crippen LogP) is 3.68. The summed E-state index contributed by atoms with van der Waals surface area (Å²) in [5, 5.41) is 8.34. The van der Waals surface area contributed by atoms with Crippen molar-refractivity contribution >= 4 is 15.9 Å². The SMILES string of the molecule is Fc1cncc(F)c1CBr.N#CCc1c(F)cncc1F. The fourth-order valence-electron chi connectivity index (χ4n) is 1.25. The number of pyridine rings is 2. The van der Waals surface area contributed by atoms with Crippen molar-refractivity contribution in [3.63, 3.8) is 0 Å². The normalized spacial score (nSPS) is 9.52. The van der Waals surface area contributed by atoms with Gasteiger partial charge in [-0.3, -0.25) is 9.97 Å². The Hall–Kier alpha value is -2.01. The lowest BCUT2D eigenvalue weighted by Crippen LogP contribution is -1.94. The fourth-order valence-corrected chi connectivity index (χ4v) is 1.79. The molecule has 2 heterocycles. The zero-order valence-corrected chi connectivity index (χ0v) is 12.0. The van der Waals surface area contributed by atoms with Crippen molar-refractivity contribution in [1.29, 1.82) is 5.26 Å². The highest BCUT2D eigenvalue weighted by Crippen LogP contribution is 2.13. The summed E-state index contributed by atoms with van der Waals surface area (Å²) in [4.78, 5) is 6.59. The lowest BCUT2D eigenvalue weighted by atomic mass is 10.2. The van der Waals surface area contributed by atoms with Crippen LogP contribution in [0.5, 0.6) is 0 Å². The van der Waals surface area contributed by atoms with E-state index in [1.807, 2.05) is 0 Å². The molecule has 0 N–H and O–H groups in total. The molecule has 0 fully saturated rings. The van der Waals surface area contributed by atoms with Gasteiger partial charge in [-0.25, -0.2) is 17.6 Å². The van der Waals surface area contributed by atoms with Crippen LogP contribution in [0.3, 0.4) is 0 Å². The topological polar surface area (TPSA) is 49.6 Å². The Morgan fingerprint density at radius 2 is 1.24 bits per heavy atom. The largest absolute Gasteiger partial charge is 0.259 e. The van der Waals surface area contributed by atoms with Gasteiger partial charge < -0.3 is 0 Å². The van der Waals surface area contributed by atoms with Gasteiger partial charge in [0.2, 0.25) is 0 Å². The lowest BCUT2D eigenvalue weighted by Gasteiger charge is -1.96. The molecular formula is C13H8BrF4N3. The van der Waals surface area contributed by atoms with Crippen molar-refractivity contribution in [2.24, 2.45) is 0 Å². The second kappa shape index (κ2) is 8.32. The Morgan fingerprint density at radius 3 is 1.52 bits per heavy atom. The first-order valence-corrected chi connectivity index (χ1v) is 6.62. The molecule has 0 radical (unpaired) electrons. The maximum absolute atomic E-state index is 12.6. The molecule has 0 aliphatic heterocycles. The van der Waals surface area contributed by atoms with Gasteiger partial charge in [0.15, 0.2) is 0 Å². The number of nitriles is 1. The molecule has 0 saturated carbocycles. The molecule has 0 atom stereocenters. The Morgan fingerprint density at radius 1 is 0.857 bits per heavy atom. The minimum atomic E-state index is -0.772. The first-order chi connectivity index (χ1) is 10.0. The van der Waals surface area contributed by atoms with Crippen LogP contribution in [0, 0.1) is 34.6 Å². The molecule has 3 nitrogen and oxygen atoms in total. The van der Waals surface area contributed by atoms with E-state index >= 15 is 0 Å². The third-order valence-electron chi connectivity index (χ3n) is 2.29. The van der Waals surface area contributed by atoms with Crippen molar-refractivity contribution in [2.45, 2.75) is 11.8 Å². The van der Waals surface area contributed by atoms with Gasteiger partial charge in [0, 0.05) is 16.5 Å². The Balaban J connectivity index is 0.000000211. The van der Waals surface area contributed by atoms with Gasteiger partial charge in [-0.15, -0.1) is 0 Å². The summed E-state index contributed by atoms with van der Waals surface area (Å²) >= 11 is 2.95. The second-order valence-corrected chi connectivity index (χ2v) is 4.19. The van der Waals surface area contributed by atoms with Crippen LogP contribution in [0.25, 0.3) is 0 Å². The molecule has 0 aliphatic carbocycles. The molecule has 0 aromatic carbocycles. The van der Waals surface area contributed by atoms with Gasteiger partial charge in [-0.1, -0.05) is 15.9 Å². The van der Waals surface area contributed by atoms with Gasteiger partial charge in [-0.2, -0.15) is 5.26 Å². The van der Waals surface area contributed by atoms with Crippen molar-refractivity contribution in [3.05, 3.63) is 59.2 Å². The highest BCUT2D eigenvalue weighted by molar-refractivity contribution is 9.08. The predicted molar refractivity (Wildman–Crippen MR) is 70.3 cm³/mol. The summed E-state index contributed by atoms with van der Waals surface area (Å²) in [7, 11) is 0. The van der Waals surface area contributed by atoms with Crippen molar-refractivity contribution in [2.75, 3.05) is 0 Å². The molecule has 21 heavy (non-hydrogen) atoms. The monoisotopic (exact) mass is 361 g/mol. The van der Waals surface area contributed by atoms with Crippen LogP contribution in [-0.2, 0) is 11.8 Å². The van der Waals surface area contributed by atoms with Crippen LogP contribution in [-0.4, -0.2) is 9.97 Å². The van der Waals surface area contributed by atoms with E-state index in [2.05, 4.69) is 25.9 Å². The smallest absolute Gasteiger partial charge is 0.148 e. The average molecular weight is 362 g/mol. The second-order valence-electron chi connectivity index (χ2n) is 3.63. The molecule has 2 aromatic heterocycles. The molecule has 0 spiro atoms. The Bertz CT molecular complexity index is 618. The van der Waals surface area contributed by atoms with Crippen molar-refractivity contribution in [1.82, 2.24) is 9.97 Å². The van der Waals surface area contributed by atoms with Crippen molar-refractivity contribution < 1.29 is 17.6 Å². The number of rotatable bonds is 2. The van der Waals surface area contributed by atoms with Gasteiger partial charge in [0.1, 0.15) is 23.3 Å². The van der Waals surface area contributed by atoms with Gasteiger partial charge in [-0.05, 0) is 0 Å². The van der Waals surface area contributed by atoms with E-state index < -0.39 is 23.3 Å². The van der Waals surface area contributed by atoms with E-state index in [1.54, 1.807) is 6.07 Å². The van der Waals surface area contributed by atoms with Gasteiger partial charge in [0.05, 0.1) is 37.3 Å². The minimum Gasteiger partial charge on any atom is -0.259 e. The quantitative estimate of drug-likeness (QED) is 0.605. The number of alkyl halides is 1. The molecule has 0 aliphatic rings. The number of aromatic nitrogens is 2. The van der Waals surface area contributed by atoms with E-state index in [-0.39, 0.29) is 22.9 Å². The fraction of sp³-hybridized carbons (Fsp3) is 0.154. The third-order valence-corrected chi connectivity index (χ3v) is 2.85. The van der Waals surface area contributed by atoms with Crippen LogP contribution < -0.4 is 0 Å². The van der Waals surface area contributed by atoms with Gasteiger partial charge >= 0.3 is 0 Å². The maximum atomic E-state index is 12.6. The summed E-state index contributed by atoms with van der Waals surface area (Å²) in [5.41, 5.74) is -0.197. The number of nitrogens with zero attached hydrogens (tertiary/aromatic N) is 3. The van der Waals surface area contributed by atoms with Crippen molar-refractivity contribution in [3.8, 4) is 6.07 Å². The average Bonchev–Trinajstić information content (AvgIpc) is 2.44.